The molecule has 0 aliphatic rings. The molecule has 0 radical (unpaired) electrons. The molecule has 0 spiro atoms. The summed E-state index contributed by atoms with van der Waals surface area (Å²) >= 11 is 0. The van der Waals surface area contributed by atoms with Crippen molar-refractivity contribution in [2.45, 2.75) is 76.0 Å². The fraction of sp³-hybridized carbons (Fsp3) is 0.667. The second-order valence-electron chi connectivity index (χ2n) is 5.77. The fourth-order valence-electron chi connectivity index (χ4n) is 2.41. The van der Waals surface area contributed by atoms with Crippen molar-refractivity contribution in [2.24, 2.45) is 0 Å². The Morgan fingerprint density at radius 1 is 0.826 bits per heavy atom. The molecular weight excluding hydrogens is 319 g/mol. The average molecular weight is 352 g/mol. The van der Waals surface area contributed by atoms with Gasteiger partial charge in [-0.25, -0.2) is 0 Å². The summed E-state index contributed by atoms with van der Waals surface area (Å²) in [4.78, 5) is 0.238. The molecule has 128 valence electrons. The normalized spacial score (nSPS) is 11.2. The van der Waals surface area contributed by atoms with Crippen molar-refractivity contribution in [1.82, 2.24) is 0 Å². The van der Waals surface area contributed by atoms with Crippen LogP contribution in [-0.2, 0) is 14.3 Å². The van der Waals surface area contributed by atoms with E-state index >= 15 is 0 Å². The van der Waals surface area contributed by atoms with Crippen LogP contribution in [0, 0.1) is 0 Å². The zero-order chi connectivity index (χ0) is 16.1. The van der Waals surface area contributed by atoms with Crippen molar-refractivity contribution in [3.8, 4) is 0 Å². The van der Waals surface area contributed by atoms with Gasteiger partial charge in [-0.3, -0.25) is 4.18 Å². The van der Waals surface area contributed by atoms with E-state index in [0.29, 0.717) is 0 Å². The molecule has 5 heteroatoms. The molecule has 1 aromatic rings. The summed E-state index contributed by atoms with van der Waals surface area (Å²) in [7, 11) is -3.57. The molecule has 0 unspecified atom stereocenters. The quantitative estimate of drug-likeness (QED) is 0.292. The first-order chi connectivity index (χ1) is 10.7. The Kier molecular flexibility index (Phi) is 14.6. The third kappa shape index (κ3) is 11.3. The minimum atomic E-state index is -3.57. The summed E-state index contributed by atoms with van der Waals surface area (Å²) in [5.41, 5.74) is 0. The molecular formula is C18H32NaO3S+. The first-order valence-electron chi connectivity index (χ1n) is 8.61. The molecule has 1 rings (SSSR count). The second-order valence-corrected chi connectivity index (χ2v) is 7.39. The number of unbranched alkanes of at least 4 members (excludes halogenated alkanes) is 9. The van der Waals surface area contributed by atoms with Gasteiger partial charge < -0.3 is 0 Å². The molecule has 3 nitrogen and oxygen atoms in total. The molecule has 0 heterocycles. The molecule has 0 amide bonds. The van der Waals surface area contributed by atoms with E-state index in [0.717, 1.165) is 12.8 Å². The number of rotatable bonds is 13. The fourth-order valence-corrected chi connectivity index (χ4v) is 3.38. The van der Waals surface area contributed by atoms with E-state index in [1.54, 1.807) is 30.3 Å². The van der Waals surface area contributed by atoms with Crippen LogP contribution >= 0.6 is 0 Å². The van der Waals surface area contributed by atoms with Crippen LogP contribution in [0.4, 0.5) is 0 Å². The van der Waals surface area contributed by atoms with Gasteiger partial charge in [-0.05, 0) is 18.6 Å². The molecule has 0 aromatic heterocycles. The molecule has 23 heavy (non-hydrogen) atoms. The van der Waals surface area contributed by atoms with Crippen LogP contribution in [-0.4, -0.2) is 44.6 Å². The Morgan fingerprint density at radius 2 is 1.30 bits per heavy atom. The Labute approximate surface area is 166 Å². The molecule has 0 saturated carbocycles. The van der Waals surface area contributed by atoms with Gasteiger partial charge in [0.05, 0.1) is 11.5 Å². The van der Waals surface area contributed by atoms with E-state index in [-0.39, 0.29) is 42.5 Å². The zero-order valence-corrected chi connectivity index (χ0v) is 14.6. The summed E-state index contributed by atoms with van der Waals surface area (Å²) in [5, 5.41) is 0. The standard InChI is InChI=1S/C18H30O3S.Na.H/c1-2-3-4-5-6-7-8-9-10-14-17-21-22(19,20)18-15-12-11-13-16-18;;/h11-13,15-16H,2-10,14,17H2,1H3;;/p+1. The number of benzene rings is 1. The van der Waals surface area contributed by atoms with Crippen molar-refractivity contribution in [3.63, 3.8) is 0 Å². The summed E-state index contributed by atoms with van der Waals surface area (Å²) in [5.74, 6) is 0. The van der Waals surface area contributed by atoms with Crippen molar-refractivity contribution in [1.29, 1.82) is 0 Å². The summed E-state index contributed by atoms with van der Waals surface area (Å²) in [6, 6.07) is 8.33. The van der Waals surface area contributed by atoms with Crippen molar-refractivity contribution >= 4 is 39.7 Å². The van der Waals surface area contributed by atoms with Crippen LogP contribution in [0.1, 0.15) is 72.6 Å². The van der Waals surface area contributed by atoms with Gasteiger partial charge in [0.2, 0.25) is 0 Å². The number of hydrogen-bond donors (Lipinski definition) is 0. The van der Waals surface area contributed by atoms with E-state index in [4.69, 9.17) is 4.18 Å². The topological polar surface area (TPSA) is 43.4 Å². The monoisotopic (exact) mass is 351 g/mol. The molecule has 0 bridgehead atoms. The van der Waals surface area contributed by atoms with Crippen LogP contribution in [0.15, 0.2) is 35.2 Å². The summed E-state index contributed by atoms with van der Waals surface area (Å²) < 4.78 is 28.8. The van der Waals surface area contributed by atoms with Gasteiger partial charge in [-0.2, -0.15) is 8.42 Å². The molecule has 0 atom stereocenters. The molecule has 0 N–H and O–H groups in total. The average Bonchev–Trinajstić information content (AvgIpc) is 2.53. The zero-order valence-electron chi connectivity index (χ0n) is 14.8. The van der Waals surface area contributed by atoms with Crippen LogP contribution in [0.3, 0.4) is 0 Å². The summed E-state index contributed by atoms with van der Waals surface area (Å²) in [6.45, 7) is 2.52. The first-order valence-corrected chi connectivity index (χ1v) is 10.0. The van der Waals surface area contributed by atoms with Crippen LogP contribution in [0.25, 0.3) is 0 Å². The van der Waals surface area contributed by atoms with Gasteiger partial charge in [0.1, 0.15) is 0 Å². The SMILES string of the molecule is CCCCCCCCCCCCOS(=O)(=O)c1ccccc1.[H+].[NaH]. The molecule has 0 saturated heterocycles. The van der Waals surface area contributed by atoms with Crippen molar-refractivity contribution < 1.29 is 14.0 Å². The molecule has 0 aliphatic heterocycles. The van der Waals surface area contributed by atoms with Gasteiger partial charge in [-0.1, -0.05) is 82.9 Å². The van der Waals surface area contributed by atoms with E-state index in [1.165, 1.54) is 51.4 Å². The van der Waals surface area contributed by atoms with E-state index in [9.17, 15) is 8.42 Å². The molecule has 0 aliphatic carbocycles. The van der Waals surface area contributed by atoms with Crippen LogP contribution in [0.2, 0.25) is 0 Å². The van der Waals surface area contributed by atoms with Gasteiger partial charge >= 0.3 is 31.0 Å². The van der Waals surface area contributed by atoms with Gasteiger partial charge in [0, 0.05) is 0 Å². The maximum atomic E-state index is 11.9. The molecule has 0 fully saturated rings. The summed E-state index contributed by atoms with van der Waals surface area (Å²) in [6.07, 6.45) is 12.3. The van der Waals surface area contributed by atoms with Crippen molar-refractivity contribution in [3.05, 3.63) is 30.3 Å². The Hall–Kier alpha value is 0.130. The third-order valence-electron chi connectivity index (χ3n) is 3.77. The van der Waals surface area contributed by atoms with Gasteiger partial charge in [0.25, 0.3) is 10.1 Å². The van der Waals surface area contributed by atoms with Crippen molar-refractivity contribution in [2.75, 3.05) is 6.61 Å². The van der Waals surface area contributed by atoms with E-state index < -0.39 is 10.1 Å². The van der Waals surface area contributed by atoms with Crippen LogP contribution in [0.5, 0.6) is 0 Å². The predicted molar refractivity (Wildman–Crippen MR) is 99.7 cm³/mol. The van der Waals surface area contributed by atoms with Crippen LogP contribution < -0.4 is 0 Å². The number of hydrogen-bond acceptors (Lipinski definition) is 3. The van der Waals surface area contributed by atoms with Gasteiger partial charge in [0.15, 0.2) is 0 Å². The van der Waals surface area contributed by atoms with E-state index in [2.05, 4.69) is 6.92 Å². The predicted octanol–water partition coefficient (Wildman–Crippen LogP) is 4.78. The molecule has 1 aromatic carbocycles. The Balaban J connectivity index is 0. The minimum absolute atomic E-state index is 0. The third-order valence-corrected chi connectivity index (χ3v) is 5.09. The maximum absolute atomic E-state index is 11.9. The Morgan fingerprint density at radius 3 is 1.83 bits per heavy atom. The Bertz CT molecular complexity index is 480. The van der Waals surface area contributed by atoms with E-state index in [1.807, 2.05) is 0 Å². The first kappa shape index (κ1) is 23.1. The second kappa shape index (κ2) is 14.5. The van der Waals surface area contributed by atoms with Gasteiger partial charge in [-0.15, -0.1) is 0 Å².